The molecule has 16 nitrogen and oxygen atoms in total. The van der Waals surface area contributed by atoms with Crippen LogP contribution in [0.4, 0.5) is 23.5 Å². The van der Waals surface area contributed by atoms with Crippen molar-refractivity contribution in [1.29, 1.82) is 0 Å². The van der Waals surface area contributed by atoms with Gasteiger partial charge in [-0.1, -0.05) is 0 Å². The van der Waals surface area contributed by atoms with E-state index in [4.69, 9.17) is 25.3 Å². The number of hydrogen-bond acceptors (Lipinski definition) is 11. The number of halogens is 5. The molecule has 0 aliphatic carbocycles. The number of carbonyl (C=O) groups excluding carboxylic acids is 1. The summed E-state index contributed by atoms with van der Waals surface area (Å²) in [6, 6.07) is 9.11. The summed E-state index contributed by atoms with van der Waals surface area (Å²) >= 11 is 0. The summed E-state index contributed by atoms with van der Waals surface area (Å²) in [5.41, 5.74) is 12.8. The molecule has 5 aromatic heterocycles. The Balaban J connectivity index is 0.000000148. The molecule has 11 heterocycles. The Hall–Kier alpha value is -6.77. The third-order valence-corrected chi connectivity index (χ3v) is 12.5. The molecule has 6 aliphatic heterocycles. The number of nitrogens with two attached hydrogens (primary N) is 2. The van der Waals surface area contributed by atoms with Gasteiger partial charge in [-0.2, -0.15) is 9.97 Å². The lowest BCUT2D eigenvalue weighted by Gasteiger charge is -2.44. The highest BCUT2D eigenvalue weighted by Gasteiger charge is 2.36. The molecule has 6 N–H and O–H groups in total. The van der Waals surface area contributed by atoms with Crippen LogP contribution in [-0.2, 0) is 0 Å². The van der Waals surface area contributed by atoms with Gasteiger partial charge >= 0.3 is 17.6 Å². The van der Waals surface area contributed by atoms with Crippen molar-refractivity contribution < 1.29 is 48.6 Å². The Morgan fingerprint density at radius 1 is 0.791 bits per heavy atom. The number of hydrogen-bond donors (Lipinski definition) is 4. The van der Waals surface area contributed by atoms with E-state index in [1.165, 1.54) is 86.2 Å². The zero-order valence-electron chi connectivity index (χ0n) is 36.8. The van der Waals surface area contributed by atoms with E-state index in [-0.39, 0.29) is 46.5 Å². The molecule has 0 radical (unpaired) electrons. The highest BCUT2D eigenvalue weighted by Crippen LogP contribution is 2.35. The molecule has 2 atom stereocenters. The lowest BCUT2D eigenvalue weighted by atomic mass is 9.84. The lowest BCUT2D eigenvalue weighted by Crippen LogP contribution is -3.00. The van der Waals surface area contributed by atoms with E-state index in [0.29, 0.717) is 52.8 Å². The quantitative estimate of drug-likeness (QED) is 0.0535. The Labute approximate surface area is 388 Å². The van der Waals surface area contributed by atoms with Gasteiger partial charge in [-0.05, 0) is 94.0 Å². The number of allylic oxidation sites excluding steroid dienone is 1. The maximum Gasteiger partial charge on any atom is 0.339 e. The molecule has 0 spiro atoms. The van der Waals surface area contributed by atoms with Crippen LogP contribution in [0.3, 0.4) is 0 Å². The summed E-state index contributed by atoms with van der Waals surface area (Å²) in [7, 11) is 3.54. The third kappa shape index (κ3) is 10.2. The van der Waals surface area contributed by atoms with Crippen molar-refractivity contribution in [3.05, 3.63) is 115 Å². The first-order chi connectivity index (χ1) is 31.9. The Morgan fingerprint density at radius 2 is 1.37 bits per heavy atom. The number of fused-ring (bicyclic) bond motifs is 8. The molecule has 352 valence electrons. The fraction of sp³-hybridized carbons (Fsp3) is 0.348. The van der Waals surface area contributed by atoms with Crippen LogP contribution in [0, 0.1) is 35.1 Å². The van der Waals surface area contributed by atoms with E-state index >= 15 is 0 Å². The van der Waals surface area contributed by atoms with Crippen LogP contribution in [0.25, 0.3) is 45.6 Å². The van der Waals surface area contributed by atoms with Crippen LogP contribution in [0.5, 0.6) is 0 Å². The van der Waals surface area contributed by atoms with Gasteiger partial charge in [0.15, 0.2) is 0 Å². The molecule has 67 heavy (non-hydrogen) atoms. The van der Waals surface area contributed by atoms with Gasteiger partial charge in [0.1, 0.15) is 58.6 Å². The number of guanidine groups is 1. The molecule has 6 saturated heterocycles. The standard InChI is InChI=1S/C22H20F2N6O.C16H13F2N3O2.C8H16N4.ClH/c23-14-1-2-15(16(24)11-14)19-20(30-9-10-31-22(30)28-19)17-3-6-25-21(26-17)27-18-12-29-7-4-13(18)5-8-29;1-20(2)6-5-13(22)15-14(19-16-21(15)7-8-23-16)11-4-3-10(17)9-12(11)18;9-8(10)11-7-5-12-3-1-6(7)2-4-12;/h1-3,6,9-11,13,18H,4-5,7-8,12H2,(H,25,26,27);3-9H,1-2H3;6-7H,1-5H2,(H4,9,10,11);1H/t18-;;7-;/m1.1./s1. The molecule has 13 rings (SSSR count). The molecule has 0 unspecified atom stereocenters. The van der Waals surface area contributed by atoms with Crippen molar-refractivity contribution in [3.63, 3.8) is 0 Å². The van der Waals surface area contributed by atoms with E-state index < -0.39 is 23.3 Å². The fourth-order valence-corrected chi connectivity index (χ4v) is 9.28. The van der Waals surface area contributed by atoms with E-state index in [9.17, 15) is 22.4 Å². The smallest absolute Gasteiger partial charge is 0.339 e. The summed E-state index contributed by atoms with van der Waals surface area (Å²) in [4.78, 5) is 40.0. The monoisotopic (exact) mass is 943 g/mol. The van der Waals surface area contributed by atoms with Crippen molar-refractivity contribution in [2.45, 2.75) is 37.8 Å². The molecule has 21 heteroatoms. The second-order valence-corrected chi connectivity index (χ2v) is 17.1. The Kier molecular flexibility index (Phi) is 13.9. The normalized spacial score (nSPS) is 21.6. The number of benzene rings is 2. The first-order valence-corrected chi connectivity index (χ1v) is 21.8. The van der Waals surface area contributed by atoms with E-state index in [1.54, 1.807) is 48.1 Å². The van der Waals surface area contributed by atoms with Gasteiger partial charge in [-0.3, -0.25) is 35.0 Å². The first kappa shape index (κ1) is 46.7. The summed E-state index contributed by atoms with van der Waals surface area (Å²) in [5.74, 6) is -0.428. The molecule has 2 aromatic carbocycles. The summed E-state index contributed by atoms with van der Waals surface area (Å²) in [6.45, 7) is 6.93. The first-order valence-electron chi connectivity index (χ1n) is 21.8. The maximum atomic E-state index is 14.6. The summed E-state index contributed by atoms with van der Waals surface area (Å²) in [5, 5.41) is 3.49. The number of imidazole rings is 2. The number of oxazole rings is 2. The van der Waals surface area contributed by atoms with Gasteiger partial charge in [0.25, 0.3) is 0 Å². The van der Waals surface area contributed by atoms with Crippen LogP contribution < -0.4 is 34.2 Å². The van der Waals surface area contributed by atoms with Gasteiger partial charge in [0.2, 0.25) is 11.7 Å². The molecule has 6 aliphatic rings. The summed E-state index contributed by atoms with van der Waals surface area (Å²) < 4.78 is 68.9. The van der Waals surface area contributed by atoms with Crippen LogP contribution in [0.15, 0.2) is 94.7 Å². The largest absolute Gasteiger partial charge is 1.00 e. The van der Waals surface area contributed by atoms with Gasteiger partial charge < -0.3 is 36.4 Å². The number of carbonyl (C=O) groups is 1. The van der Waals surface area contributed by atoms with Crippen molar-refractivity contribution in [2.75, 3.05) is 58.7 Å². The maximum absolute atomic E-state index is 14.6. The van der Waals surface area contributed by atoms with E-state index in [0.717, 1.165) is 50.3 Å². The Morgan fingerprint density at radius 3 is 1.94 bits per heavy atom. The second kappa shape index (κ2) is 20.0. The minimum Gasteiger partial charge on any atom is -1.00 e. The van der Waals surface area contributed by atoms with Crippen molar-refractivity contribution in [3.8, 4) is 33.9 Å². The van der Waals surface area contributed by atoms with Crippen molar-refractivity contribution in [2.24, 2.45) is 23.3 Å². The number of nitrogens with one attached hydrogen (secondary N) is 2. The number of nitrogens with zero attached hydrogens (tertiary/aromatic N) is 9. The zero-order valence-corrected chi connectivity index (χ0v) is 37.5. The van der Waals surface area contributed by atoms with Crippen LogP contribution in [0.2, 0.25) is 0 Å². The molecule has 7 aromatic rings. The molecular weight excluding hydrogens is 894 g/mol. The highest BCUT2D eigenvalue weighted by atomic mass is 35.5. The molecule has 0 saturated carbocycles. The predicted molar refractivity (Wildman–Crippen MR) is 238 cm³/mol. The topological polar surface area (TPSA) is 191 Å². The Bertz CT molecular complexity index is 2910. The average molecular weight is 944 g/mol. The SMILES string of the molecule is CN(C)C=CC(=O)c1c(-c2ccc(F)cc2F)nc2occn12.Fc1ccc(-c2nc3occn3c2-c2ccnc(N[C@@H]3CN4CCC3CC4)n2)c(F)c1.NC(N)=[NH+][C@@H]1CN2CCC1CC2.[Cl-]. The van der Waals surface area contributed by atoms with E-state index in [1.807, 2.05) is 0 Å². The third-order valence-electron chi connectivity index (χ3n) is 12.5. The minimum absolute atomic E-state index is 0. The van der Waals surface area contributed by atoms with E-state index in [2.05, 4.69) is 35.1 Å². The van der Waals surface area contributed by atoms with Gasteiger partial charge in [-0.15, -0.1) is 0 Å². The molecular formula is C46H50ClF4N13O3. The van der Waals surface area contributed by atoms with Crippen molar-refractivity contribution in [1.82, 2.24) is 43.4 Å². The highest BCUT2D eigenvalue weighted by molar-refractivity contribution is 6.08. The number of anilines is 1. The molecule has 6 fully saturated rings. The molecule has 4 bridgehead atoms. The number of ketones is 1. The number of rotatable bonds is 9. The molecule has 0 amide bonds. The summed E-state index contributed by atoms with van der Waals surface area (Å²) in [6.07, 6.45) is 15.7. The van der Waals surface area contributed by atoms with Crippen LogP contribution in [-0.4, -0.2) is 121 Å². The second-order valence-electron chi connectivity index (χ2n) is 17.1. The number of piperidine rings is 6. The predicted octanol–water partition coefficient (Wildman–Crippen LogP) is 1.40. The van der Waals surface area contributed by atoms with Crippen LogP contribution in [0.1, 0.15) is 36.2 Å². The zero-order chi connectivity index (χ0) is 46.1. The lowest BCUT2D eigenvalue weighted by molar-refractivity contribution is -0.524. The van der Waals surface area contributed by atoms with Gasteiger partial charge in [-0.25, -0.2) is 27.5 Å². The van der Waals surface area contributed by atoms with Gasteiger partial charge in [0.05, 0.1) is 11.7 Å². The van der Waals surface area contributed by atoms with Crippen molar-refractivity contribution >= 4 is 29.4 Å². The fourth-order valence-electron chi connectivity index (χ4n) is 9.28. The van der Waals surface area contributed by atoms with Crippen LogP contribution >= 0.6 is 0 Å². The minimum atomic E-state index is -0.795. The number of aromatic nitrogens is 6. The van der Waals surface area contributed by atoms with Gasteiger partial charge in [0, 0.05) is 87.4 Å². The average Bonchev–Trinajstić information content (AvgIpc) is 4.10.